The van der Waals surface area contributed by atoms with Crippen LogP contribution in [0, 0.1) is 12.3 Å². The first kappa shape index (κ1) is 17.2. The predicted molar refractivity (Wildman–Crippen MR) is 102 cm³/mol. The number of aliphatic hydroxyl groups excluding tert-OH is 1. The van der Waals surface area contributed by atoms with Gasteiger partial charge in [0.1, 0.15) is 0 Å². The Morgan fingerprint density at radius 3 is 2.69 bits per heavy atom. The van der Waals surface area contributed by atoms with E-state index in [0.717, 1.165) is 42.5 Å². The summed E-state index contributed by atoms with van der Waals surface area (Å²) < 4.78 is 0. The summed E-state index contributed by atoms with van der Waals surface area (Å²) in [5.41, 5.74) is 3.33. The normalized spacial score (nSPS) is 27.1. The average Bonchev–Trinajstić information content (AvgIpc) is 3.24. The van der Waals surface area contributed by atoms with Gasteiger partial charge in [0.15, 0.2) is 0 Å². The number of hydrogen-bond donors (Lipinski definition) is 1. The Kier molecular flexibility index (Phi) is 4.31. The Balaban J connectivity index is 1.77. The minimum Gasteiger partial charge on any atom is -0.396 e. The lowest BCUT2D eigenvalue weighted by Gasteiger charge is -2.35. The highest BCUT2D eigenvalue weighted by molar-refractivity contribution is 6.02. The third-order valence-corrected chi connectivity index (χ3v) is 6.54. The fourth-order valence-corrected chi connectivity index (χ4v) is 5.08. The first-order valence-electron chi connectivity index (χ1n) is 9.56. The molecule has 4 nitrogen and oxygen atoms in total. The second kappa shape index (κ2) is 6.51. The molecule has 4 rings (SSSR count). The van der Waals surface area contributed by atoms with E-state index in [0.29, 0.717) is 5.56 Å². The smallest absolute Gasteiger partial charge is 0.256 e. The van der Waals surface area contributed by atoms with E-state index >= 15 is 0 Å². The van der Waals surface area contributed by atoms with Crippen molar-refractivity contribution in [3.8, 4) is 11.1 Å². The molecule has 26 heavy (non-hydrogen) atoms. The van der Waals surface area contributed by atoms with Crippen LogP contribution in [0.5, 0.6) is 0 Å². The summed E-state index contributed by atoms with van der Waals surface area (Å²) >= 11 is 0. The Labute approximate surface area is 154 Å². The topological polar surface area (TPSA) is 53.4 Å². The van der Waals surface area contributed by atoms with E-state index in [2.05, 4.69) is 16.8 Å². The molecule has 4 heteroatoms. The van der Waals surface area contributed by atoms with E-state index in [1.807, 2.05) is 43.3 Å². The van der Waals surface area contributed by atoms with Crippen LogP contribution in [0.3, 0.4) is 0 Å². The monoisotopic (exact) mass is 350 g/mol. The summed E-state index contributed by atoms with van der Waals surface area (Å²) in [6, 6.07) is 12.4. The second-order valence-electron chi connectivity index (χ2n) is 7.72. The van der Waals surface area contributed by atoms with Crippen LogP contribution in [-0.4, -0.2) is 39.6 Å². The molecule has 2 saturated heterocycles. The number of pyridine rings is 1. The van der Waals surface area contributed by atoms with Gasteiger partial charge >= 0.3 is 0 Å². The number of aliphatic hydroxyl groups is 1. The fraction of sp³-hybridized carbons (Fsp3) is 0.455. The van der Waals surface area contributed by atoms with E-state index in [4.69, 9.17) is 0 Å². The van der Waals surface area contributed by atoms with Gasteiger partial charge in [-0.2, -0.15) is 0 Å². The van der Waals surface area contributed by atoms with Crippen molar-refractivity contribution in [3.05, 3.63) is 53.9 Å². The zero-order valence-electron chi connectivity index (χ0n) is 15.5. The van der Waals surface area contributed by atoms with E-state index < -0.39 is 0 Å². The quantitative estimate of drug-likeness (QED) is 0.912. The number of aromatic nitrogens is 1. The van der Waals surface area contributed by atoms with Crippen molar-refractivity contribution in [2.45, 2.75) is 51.6 Å². The lowest BCUT2D eigenvalue weighted by molar-refractivity contribution is 0.0556. The molecule has 2 aliphatic heterocycles. The number of benzene rings is 1. The highest BCUT2D eigenvalue weighted by Gasteiger charge is 2.56. The van der Waals surface area contributed by atoms with Crippen LogP contribution in [-0.2, 0) is 0 Å². The number of amides is 1. The molecule has 2 fully saturated rings. The first-order valence-corrected chi connectivity index (χ1v) is 9.56. The minimum absolute atomic E-state index is 0.0747. The molecule has 1 aromatic carbocycles. The summed E-state index contributed by atoms with van der Waals surface area (Å²) in [5, 5.41) is 10.0. The molecular weight excluding hydrogens is 324 g/mol. The maximum atomic E-state index is 13.6. The second-order valence-corrected chi connectivity index (χ2v) is 7.72. The van der Waals surface area contributed by atoms with Crippen molar-refractivity contribution in [1.82, 2.24) is 9.88 Å². The molecular formula is C22H26N2O2. The number of rotatable bonds is 4. The van der Waals surface area contributed by atoms with Crippen molar-refractivity contribution in [1.29, 1.82) is 0 Å². The minimum atomic E-state index is -0.137. The first-order chi connectivity index (χ1) is 12.6. The summed E-state index contributed by atoms with van der Waals surface area (Å²) in [5.74, 6) is 0.0747. The van der Waals surface area contributed by atoms with Gasteiger partial charge in [-0.25, -0.2) is 0 Å². The molecule has 0 aliphatic carbocycles. The molecule has 3 heterocycles. The standard InChI is InChI=1S/C22H26N2O2/c1-3-22(14-25)13-17-9-10-19(22)24(17)21(26)20-15(2)23-12-11-18(20)16-7-5-4-6-8-16/h4-8,11-12,17,19,25H,3,9-10,13-14H2,1-2H3/t17-,19+,22-/m0/s1. The third-order valence-electron chi connectivity index (χ3n) is 6.54. The number of carbonyl (C=O) groups is 1. The summed E-state index contributed by atoms with van der Waals surface area (Å²) in [6.07, 6.45) is 5.63. The fourth-order valence-electron chi connectivity index (χ4n) is 5.08. The van der Waals surface area contributed by atoms with Crippen LogP contribution in [0.25, 0.3) is 11.1 Å². The number of carbonyl (C=O) groups excluding carboxylic acids is 1. The van der Waals surface area contributed by atoms with Crippen molar-refractivity contribution >= 4 is 5.91 Å². The summed E-state index contributed by atoms with van der Waals surface area (Å²) in [4.78, 5) is 20.1. The molecule has 0 unspecified atom stereocenters. The van der Waals surface area contributed by atoms with E-state index in [1.165, 1.54) is 0 Å². The largest absolute Gasteiger partial charge is 0.396 e. The van der Waals surface area contributed by atoms with Gasteiger partial charge in [0.05, 0.1) is 17.9 Å². The summed E-state index contributed by atoms with van der Waals surface area (Å²) in [6.45, 7) is 4.20. The lowest BCUT2D eigenvalue weighted by Crippen LogP contribution is -2.42. The van der Waals surface area contributed by atoms with Crippen molar-refractivity contribution in [2.24, 2.45) is 5.41 Å². The van der Waals surface area contributed by atoms with E-state index in [-0.39, 0.29) is 30.0 Å². The molecule has 1 amide bonds. The van der Waals surface area contributed by atoms with Crippen LogP contribution in [0.4, 0.5) is 0 Å². The molecule has 2 bridgehead atoms. The number of aryl methyl sites for hydroxylation is 1. The highest BCUT2D eigenvalue weighted by Crippen LogP contribution is 2.52. The predicted octanol–water partition coefficient (Wildman–Crippen LogP) is 3.82. The molecule has 0 spiro atoms. The Morgan fingerprint density at radius 2 is 2.04 bits per heavy atom. The van der Waals surface area contributed by atoms with E-state index in [1.54, 1.807) is 6.20 Å². The number of fused-ring (bicyclic) bond motifs is 2. The van der Waals surface area contributed by atoms with Crippen LogP contribution in [0.15, 0.2) is 42.6 Å². The molecule has 2 aromatic rings. The molecule has 1 N–H and O–H groups in total. The van der Waals surface area contributed by atoms with Gasteiger partial charge in [0.2, 0.25) is 0 Å². The lowest BCUT2D eigenvalue weighted by atomic mass is 9.72. The molecule has 1 aromatic heterocycles. The number of hydrogen-bond acceptors (Lipinski definition) is 3. The van der Waals surface area contributed by atoms with Gasteiger partial charge in [0, 0.05) is 23.7 Å². The molecule has 136 valence electrons. The SMILES string of the molecule is CC[C@@]1(CO)C[C@@H]2CC[C@H]1N2C(=O)c1c(-c2ccccc2)ccnc1C. The average molecular weight is 350 g/mol. The Hall–Kier alpha value is -2.20. The van der Waals surface area contributed by atoms with Gasteiger partial charge in [-0.05, 0) is 49.8 Å². The molecule has 0 radical (unpaired) electrons. The summed E-state index contributed by atoms with van der Waals surface area (Å²) in [7, 11) is 0. The van der Waals surface area contributed by atoms with Gasteiger partial charge in [-0.15, -0.1) is 0 Å². The maximum Gasteiger partial charge on any atom is 0.256 e. The third kappa shape index (κ3) is 2.47. The highest BCUT2D eigenvalue weighted by atomic mass is 16.3. The maximum absolute atomic E-state index is 13.6. The van der Waals surface area contributed by atoms with Gasteiger partial charge < -0.3 is 10.0 Å². The zero-order chi connectivity index (χ0) is 18.3. The molecule has 3 atom stereocenters. The van der Waals surface area contributed by atoms with Gasteiger partial charge in [0.25, 0.3) is 5.91 Å². The van der Waals surface area contributed by atoms with Crippen LogP contribution >= 0.6 is 0 Å². The van der Waals surface area contributed by atoms with Crippen molar-refractivity contribution in [2.75, 3.05) is 6.61 Å². The Morgan fingerprint density at radius 1 is 1.27 bits per heavy atom. The molecule has 0 saturated carbocycles. The van der Waals surface area contributed by atoms with Crippen LogP contribution in [0.2, 0.25) is 0 Å². The van der Waals surface area contributed by atoms with E-state index in [9.17, 15) is 9.90 Å². The Bertz CT molecular complexity index is 814. The number of nitrogens with zero attached hydrogens (tertiary/aromatic N) is 2. The molecule has 2 aliphatic rings. The van der Waals surface area contributed by atoms with Crippen LogP contribution in [0.1, 0.15) is 48.7 Å². The van der Waals surface area contributed by atoms with Crippen LogP contribution < -0.4 is 0 Å². The van der Waals surface area contributed by atoms with Crippen molar-refractivity contribution in [3.63, 3.8) is 0 Å². The van der Waals surface area contributed by atoms with Gasteiger partial charge in [-0.3, -0.25) is 9.78 Å². The van der Waals surface area contributed by atoms with Gasteiger partial charge in [-0.1, -0.05) is 37.3 Å². The zero-order valence-corrected chi connectivity index (χ0v) is 15.5. The van der Waals surface area contributed by atoms with Crippen molar-refractivity contribution < 1.29 is 9.90 Å².